The first-order valence-corrected chi connectivity index (χ1v) is 10.8. The molecule has 1 saturated heterocycles. The zero-order valence-electron chi connectivity index (χ0n) is 15.9. The number of fused-ring (bicyclic) bond motifs is 1. The van der Waals surface area contributed by atoms with Crippen molar-refractivity contribution in [2.24, 2.45) is 10.3 Å². The number of ether oxygens (including phenoxy) is 1. The Balaban J connectivity index is 1.55. The molecule has 2 aromatic carbocycles. The fourth-order valence-electron chi connectivity index (χ4n) is 3.82. The van der Waals surface area contributed by atoms with Crippen molar-refractivity contribution in [2.75, 3.05) is 13.1 Å². The lowest BCUT2D eigenvalue weighted by Crippen LogP contribution is -2.43. The summed E-state index contributed by atoms with van der Waals surface area (Å²) in [6, 6.07) is 12.6. The van der Waals surface area contributed by atoms with Crippen LogP contribution in [0, 0.1) is 19.8 Å². The topological polar surface area (TPSA) is 76.0 Å². The summed E-state index contributed by atoms with van der Waals surface area (Å²) >= 11 is 0. The largest absolute Gasteiger partial charge is 0.426 e. The third kappa shape index (κ3) is 3.30. The van der Waals surface area contributed by atoms with Crippen LogP contribution in [0.2, 0.25) is 0 Å². The summed E-state index contributed by atoms with van der Waals surface area (Å²) in [6.45, 7) is 4.89. The Labute approximate surface area is 164 Å². The highest BCUT2D eigenvalue weighted by Gasteiger charge is 2.35. The van der Waals surface area contributed by atoms with Gasteiger partial charge >= 0.3 is 5.97 Å². The van der Waals surface area contributed by atoms with Crippen LogP contribution in [0.25, 0.3) is 0 Å². The van der Waals surface area contributed by atoms with E-state index in [4.69, 9.17) is 4.74 Å². The molecule has 0 saturated carbocycles. The van der Waals surface area contributed by atoms with Gasteiger partial charge in [-0.3, -0.25) is 4.79 Å². The van der Waals surface area contributed by atoms with Gasteiger partial charge in [0.2, 0.25) is 0 Å². The molecular weight excluding hydrogens is 376 g/mol. The Morgan fingerprint density at radius 3 is 2.57 bits per heavy atom. The first kappa shape index (κ1) is 18.7. The number of amidine groups is 1. The summed E-state index contributed by atoms with van der Waals surface area (Å²) in [6.07, 6.45) is 1.48. The van der Waals surface area contributed by atoms with Crippen molar-refractivity contribution >= 4 is 21.8 Å². The fourth-order valence-corrected chi connectivity index (χ4v) is 5.05. The number of para-hydroxylation sites is 1. The third-order valence-corrected chi connectivity index (χ3v) is 6.60. The lowest BCUT2D eigenvalue weighted by molar-refractivity contribution is -0.140. The molecule has 2 heterocycles. The molecule has 0 amide bonds. The number of rotatable bonds is 2. The average Bonchev–Trinajstić information content (AvgIpc) is 2.96. The number of esters is 1. The summed E-state index contributed by atoms with van der Waals surface area (Å²) in [5.41, 5.74) is 2.44. The molecule has 2 aromatic rings. The molecule has 0 aliphatic carbocycles. The van der Waals surface area contributed by atoms with E-state index in [2.05, 4.69) is 4.40 Å². The number of hydrogen-bond donors (Lipinski definition) is 0. The highest BCUT2D eigenvalue weighted by atomic mass is 32.2. The molecule has 0 unspecified atom stereocenters. The quantitative estimate of drug-likeness (QED) is 0.574. The molecule has 7 heteroatoms. The number of benzene rings is 2. The number of carbonyl (C=O) groups excluding carboxylic acids is 1. The van der Waals surface area contributed by atoms with Gasteiger partial charge in [0.25, 0.3) is 10.0 Å². The second-order valence-corrected chi connectivity index (χ2v) is 8.89. The first-order valence-electron chi connectivity index (χ1n) is 9.34. The van der Waals surface area contributed by atoms with Gasteiger partial charge in [0.05, 0.1) is 5.92 Å². The number of aryl methyl sites for hydroxylation is 2. The van der Waals surface area contributed by atoms with Crippen molar-refractivity contribution in [3.05, 3.63) is 59.2 Å². The van der Waals surface area contributed by atoms with Crippen molar-refractivity contribution in [1.29, 1.82) is 0 Å². The van der Waals surface area contributed by atoms with Crippen LogP contribution >= 0.6 is 0 Å². The molecule has 0 aromatic heterocycles. The Kier molecular flexibility index (Phi) is 4.71. The second-order valence-electron chi connectivity index (χ2n) is 7.31. The maximum Gasteiger partial charge on any atom is 0.316 e. The number of sulfonamides is 1. The third-order valence-electron chi connectivity index (χ3n) is 5.28. The molecule has 2 aliphatic rings. The van der Waals surface area contributed by atoms with Crippen LogP contribution in [0.4, 0.5) is 0 Å². The normalized spacial score (nSPS) is 20.4. The van der Waals surface area contributed by atoms with E-state index in [0.29, 0.717) is 36.7 Å². The lowest BCUT2D eigenvalue weighted by Gasteiger charge is -2.33. The molecule has 6 nitrogen and oxygen atoms in total. The molecule has 0 spiro atoms. The van der Waals surface area contributed by atoms with Gasteiger partial charge in [0, 0.05) is 18.7 Å². The van der Waals surface area contributed by atoms with Crippen LogP contribution in [0.1, 0.15) is 29.5 Å². The van der Waals surface area contributed by atoms with Gasteiger partial charge in [0.1, 0.15) is 10.6 Å². The Morgan fingerprint density at radius 2 is 1.82 bits per heavy atom. The molecule has 2 aliphatic heterocycles. The van der Waals surface area contributed by atoms with Crippen LogP contribution in [0.15, 0.2) is 51.8 Å². The van der Waals surface area contributed by atoms with Gasteiger partial charge in [-0.15, -0.1) is 4.40 Å². The number of likely N-dealkylation sites (tertiary alicyclic amines) is 1. The second kappa shape index (κ2) is 7.05. The molecule has 28 heavy (non-hydrogen) atoms. The maximum atomic E-state index is 12.8. The van der Waals surface area contributed by atoms with Crippen molar-refractivity contribution in [3.8, 4) is 5.75 Å². The zero-order valence-corrected chi connectivity index (χ0v) is 16.7. The molecule has 1 fully saturated rings. The van der Waals surface area contributed by atoms with Gasteiger partial charge in [-0.1, -0.05) is 30.3 Å². The standard InChI is InChI=1S/C21H22N2O4S/c1-14-7-5-8-15(2)19(14)27-21(24)16-9-6-12-23(13-16)20-17-10-3-4-11-18(17)28(25,26)22-20/h3-5,7-8,10-11,16H,6,9,12-13H2,1-2H3/t16-/m0/s1. The van der Waals surface area contributed by atoms with Gasteiger partial charge in [-0.2, -0.15) is 8.42 Å². The lowest BCUT2D eigenvalue weighted by atomic mass is 9.97. The van der Waals surface area contributed by atoms with Crippen molar-refractivity contribution in [1.82, 2.24) is 4.90 Å². The Hall–Kier alpha value is -2.67. The van der Waals surface area contributed by atoms with Crippen LogP contribution in [-0.4, -0.2) is 38.2 Å². The highest BCUT2D eigenvalue weighted by Crippen LogP contribution is 2.31. The smallest absolute Gasteiger partial charge is 0.316 e. The van der Waals surface area contributed by atoms with Crippen LogP contribution in [-0.2, 0) is 14.8 Å². The number of piperidine rings is 1. The molecular formula is C21H22N2O4S. The maximum absolute atomic E-state index is 12.8. The number of hydrogen-bond acceptors (Lipinski definition) is 5. The molecule has 4 rings (SSSR count). The van der Waals surface area contributed by atoms with Crippen LogP contribution in [0.5, 0.6) is 5.75 Å². The van der Waals surface area contributed by atoms with E-state index < -0.39 is 10.0 Å². The van der Waals surface area contributed by atoms with Gasteiger partial charge in [0.15, 0.2) is 5.84 Å². The summed E-state index contributed by atoms with van der Waals surface area (Å²) in [4.78, 5) is 14.9. The monoisotopic (exact) mass is 398 g/mol. The van der Waals surface area contributed by atoms with Gasteiger partial charge in [-0.05, 0) is 49.9 Å². The number of carbonyl (C=O) groups is 1. The molecule has 146 valence electrons. The summed E-state index contributed by atoms with van der Waals surface area (Å²) < 4.78 is 34.4. The van der Waals surface area contributed by atoms with E-state index in [1.54, 1.807) is 24.3 Å². The van der Waals surface area contributed by atoms with Gasteiger partial charge in [-0.25, -0.2) is 0 Å². The Morgan fingerprint density at radius 1 is 1.11 bits per heavy atom. The van der Waals surface area contributed by atoms with E-state index in [1.807, 2.05) is 36.9 Å². The minimum absolute atomic E-state index is 0.227. The zero-order chi connectivity index (χ0) is 19.9. The Bertz CT molecular complexity index is 1060. The van der Waals surface area contributed by atoms with Crippen molar-refractivity contribution < 1.29 is 17.9 Å². The van der Waals surface area contributed by atoms with E-state index >= 15 is 0 Å². The van der Waals surface area contributed by atoms with Crippen molar-refractivity contribution in [2.45, 2.75) is 31.6 Å². The predicted octanol–water partition coefficient (Wildman–Crippen LogP) is 3.07. The minimum Gasteiger partial charge on any atom is -0.426 e. The minimum atomic E-state index is -3.67. The molecule has 0 radical (unpaired) electrons. The molecule has 1 atom stereocenters. The van der Waals surface area contributed by atoms with Crippen LogP contribution in [0.3, 0.4) is 0 Å². The SMILES string of the molecule is Cc1cccc(C)c1OC(=O)[C@H]1CCCN(C2=NS(=O)(=O)c3ccccc32)C1. The molecule has 0 N–H and O–H groups in total. The van der Waals surface area contributed by atoms with E-state index in [1.165, 1.54) is 0 Å². The predicted molar refractivity (Wildman–Crippen MR) is 106 cm³/mol. The van der Waals surface area contributed by atoms with E-state index in [0.717, 1.165) is 17.5 Å². The first-order chi connectivity index (χ1) is 13.4. The fraction of sp³-hybridized carbons (Fsp3) is 0.333. The average molecular weight is 398 g/mol. The van der Waals surface area contributed by atoms with Crippen molar-refractivity contribution in [3.63, 3.8) is 0 Å². The molecule has 0 bridgehead atoms. The van der Waals surface area contributed by atoms with E-state index in [-0.39, 0.29) is 16.8 Å². The van der Waals surface area contributed by atoms with Crippen LogP contribution < -0.4 is 4.74 Å². The van der Waals surface area contributed by atoms with Gasteiger partial charge < -0.3 is 9.64 Å². The summed E-state index contributed by atoms with van der Waals surface area (Å²) in [7, 11) is -3.67. The van der Waals surface area contributed by atoms with E-state index in [9.17, 15) is 13.2 Å². The highest BCUT2D eigenvalue weighted by molar-refractivity contribution is 7.90. The summed E-state index contributed by atoms with van der Waals surface area (Å²) in [5, 5.41) is 0. The number of nitrogens with zero attached hydrogens (tertiary/aromatic N) is 2. The summed E-state index contributed by atoms with van der Waals surface area (Å²) in [5.74, 6) is 0.429.